The summed E-state index contributed by atoms with van der Waals surface area (Å²) in [6.45, 7) is 7.56. The SMILES string of the molecule is CCOCC(C)NC1CCCOC1. The first-order valence-electron chi connectivity index (χ1n) is 5.24. The van der Waals surface area contributed by atoms with Crippen LogP contribution in [-0.4, -0.2) is 38.5 Å². The van der Waals surface area contributed by atoms with Crippen LogP contribution in [0.1, 0.15) is 26.7 Å². The number of hydrogen-bond acceptors (Lipinski definition) is 3. The molecule has 0 aromatic rings. The van der Waals surface area contributed by atoms with Crippen molar-refractivity contribution in [1.82, 2.24) is 5.32 Å². The van der Waals surface area contributed by atoms with Crippen LogP contribution in [0.3, 0.4) is 0 Å². The number of ether oxygens (including phenoxy) is 2. The lowest BCUT2D eigenvalue weighted by molar-refractivity contribution is 0.0573. The number of hydrogen-bond donors (Lipinski definition) is 1. The van der Waals surface area contributed by atoms with E-state index < -0.39 is 0 Å². The second kappa shape index (κ2) is 6.35. The Hall–Kier alpha value is -0.120. The van der Waals surface area contributed by atoms with Crippen molar-refractivity contribution in [1.29, 1.82) is 0 Å². The average Bonchev–Trinajstić information content (AvgIpc) is 2.16. The Morgan fingerprint density at radius 2 is 2.46 bits per heavy atom. The smallest absolute Gasteiger partial charge is 0.0619 e. The van der Waals surface area contributed by atoms with Crippen LogP contribution < -0.4 is 5.32 Å². The van der Waals surface area contributed by atoms with Gasteiger partial charge in [0.25, 0.3) is 0 Å². The van der Waals surface area contributed by atoms with Gasteiger partial charge in [-0.3, -0.25) is 0 Å². The molecule has 3 nitrogen and oxygen atoms in total. The molecule has 3 heteroatoms. The quantitative estimate of drug-likeness (QED) is 0.701. The van der Waals surface area contributed by atoms with Gasteiger partial charge >= 0.3 is 0 Å². The maximum atomic E-state index is 5.38. The van der Waals surface area contributed by atoms with Gasteiger partial charge in [0.1, 0.15) is 0 Å². The zero-order valence-electron chi connectivity index (χ0n) is 8.71. The van der Waals surface area contributed by atoms with E-state index >= 15 is 0 Å². The molecule has 0 saturated carbocycles. The number of nitrogens with one attached hydrogen (secondary N) is 1. The van der Waals surface area contributed by atoms with Crippen LogP contribution in [0.15, 0.2) is 0 Å². The summed E-state index contributed by atoms with van der Waals surface area (Å²) in [6, 6.07) is 0.968. The van der Waals surface area contributed by atoms with Crippen molar-refractivity contribution in [2.45, 2.75) is 38.8 Å². The van der Waals surface area contributed by atoms with E-state index in [1.54, 1.807) is 0 Å². The minimum atomic E-state index is 0.437. The van der Waals surface area contributed by atoms with Crippen molar-refractivity contribution in [3.05, 3.63) is 0 Å². The summed E-state index contributed by atoms with van der Waals surface area (Å²) in [5, 5.41) is 3.50. The van der Waals surface area contributed by atoms with E-state index in [1.807, 2.05) is 6.92 Å². The fourth-order valence-electron chi connectivity index (χ4n) is 1.62. The molecule has 2 unspecified atom stereocenters. The fraction of sp³-hybridized carbons (Fsp3) is 1.00. The highest BCUT2D eigenvalue weighted by Crippen LogP contribution is 2.06. The van der Waals surface area contributed by atoms with Crippen LogP contribution >= 0.6 is 0 Å². The maximum absolute atomic E-state index is 5.38. The van der Waals surface area contributed by atoms with Gasteiger partial charge in [0.05, 0.1) is 13.2 Å². The molecule has 1 rings (SSSR count). The highest BCUT2D eigenvalue weighted by molar-refractivity contribution is 4.73. The van der Waals surface area contributed by atoms with Crippen LogP contribution in [0, 0.1) is 0 Å². The predicted octanol–water partition coefficient (Wildman–Crippen LogP) is 1.18. The summed E-state index contributed by atoms with van der Waals surface area (Å²) in [5.74, 6) is 0. The highest BCUT2D eigenvalue weighted by atomic mass is 16.5. The third-order valence-corrected chi connectivity index (χ3v) is 2.25. The Balaban J connectivity index is 2.07. The van der Waals surface area contributed by atoms with Crippen molar-refractivity contribution in [3.8, 4) is 0 Å². The van der Waals surface area contributed by atoms with Crippen molar-refractivity contribution in [2.75, 3.05) is 26.4 Å². The summed E-state index contributed by atoms with van der Waals surface area (Å²) in [7, 11) is 0. The third kappa shape index (κ3) is 4.60. The highest BCUT2D eigenvalue weighted by Gasteiger charge is 2.15. The second-order valence-corrected chi connectivity index (χ2v) is 3.64. The van der Waals surface area contributed by atoms with Crippen molar-refractivity contribution in [3.63, 3.8) is 0 Å². The molecule has 78 valence electrons. The van der Waals surface area contributed by atoms with Gasteiger partial charge < -0.3 is 14.8 Å². The van der Waals surface area contributed by atoms with E-state index in [0.29, 0.717) is 12.1 Å². The molecule has 0 aromatic carbocycles. The zero-order valence-corrected chi connectivity index (χ0v) is 8.71. The molecule has 1 N–H and O–H groups in total. The molecule has 1 saturated heterocycles. The first-order chi connectivity index (χ1) is 6.33. The monoisotopic (exact) mass is 187 g/mol. The minimum Gasteiger partial charge on any atom is -0.380 e. The Kier molecular flexibility index (Phi) is 5.35. The summed E-state index contributed by atoms with van der Waals surface area (Å²) in [4.78, 5) is 0. The van der Waals surface area contributed by atoms with Gasteiger partial charge in [-0.2, -0.15) is 0 Å². The predicted molar refractivity (Wildman–Crippen MR) is 52.9 cm³/mol. The Morgan fingerprint density at radius 1 is 1.62 bits per heavy atom. The van der Waals surface area contributed by atoms with E-state index in [9.17, 15) is 0 Å². The van der Waals surface area contributed by atoms with E-state index in [0.717, 1.165) is 26.4 Å². The van der Waals surface area contributed by atoms with Crippen LogP contribution in [-0.2, 0) is 9.47 Å². The van der Waals surface area contributed by atoms with Crippen molar-refractivity contribution in [2.24, 2.45) is 0 Å². The lowest BCUT2D eigenvalue weighted by atomic mass is 10.1. The molecule has 2 atom stereocenters. The first-order valence-corrected chi connectivity index (χ1v) is 5.24. The first kappa shape index (κ1) is 11.0. The van der Waals surface area contributed by atoms with E-state index in [4.69, 9.17) is 9.47 Å². The standard InChI is InChI=1S/C10H21NO2/c1-3-12-7-9(2)11-10-5-4-6-13-8-10/h9-11H,3-8H2,1-2H3. The Labute approximate surface area is 80.8 Å². The lowest BCUT2D eigenvalue weighted by Gasteiger charge is -2.26. The molecule has 13 heavy (non-hydrogen) atoms. The van der Waals surface area contributed by atoms with Gasteiger partial charge in [0.2, 0.25) is 0 Å². The van der Waals surface area contributed by atoms with Gasteiger partial charge in [-0.05, 0) is 26.7 Å². The largest absolute Gasteiger partial charge is 0.380 e. The third-order valence-electron chi connectivity index (χ3n) is 2.25. The molecular formula is C10H21NO2. The molecule has 0 amide bonds. The lowest BCUT2D eigenvalue weighted by Crippen LogP contribution is -2.43. The zero-order chi connectivity index (χ0) is 9.52. The van der Waals surface area contributed by atoms with Crippen molar-refractivity contribution >= 4 is 0 Å². The van der Waals surface area contributed by atoms with E-state index in [-0.39, 0.29) is 0 Å². The maximum Gasteiger partial charge on any atom is 0.0619 e. The van der Waals surface area contributed by atoms with Crippen LogP contribution in [0.5, 0.6) is 0 Å². The molecule has 1 aliphatic rings. The van der Waals surface area contributed by atoms with Crippen molar-refractivity contribution < 1.29 is 9.47 Å². The molecule has 0 aromatic heterocycles. The Bertz CT molecular complexity index is 124. The molecule has 1 heterocycles. The Morgan fingerprint density at radius 3 is 3.08 bits per heavy atom. The van der Waals surface area contributed by atoms with Gasteiger partial charge in [-0.1, -0.05) is 0 Å². The summed E-state index contributed by atoms with van der Waals surface area (Å²) in [6.07, 6.45) is 2.41. The molecule has 0 bridgehead atoms. The summed E-state index contributed by atoms with van der Waals surface area (Å²) >= 11 is 0. The van der Waals surface area contributed by atoms with E-state index in [1.165, 1.54) is 12.8 Å². The minimum absolute atomic E-state index is 0.437. The van der Waals surface area contributed by atoms with Gasteiger partial charge in [0.15, 0.2) is 0 Å². The molecular weight excluding hydrogens is 166 g/mol. The van der Waals surface area contributed by atoms with Crippen LogP contribution in [0.25, 0.3) is 0 Å². The van der Waals surface area contributed by atoms with E-state index in [2.05, 4.69) is 12.2 Å². The van der Waals surface area contributed by atoms with Gasteiger partial charge in [0, 0.05) is 25.3 Å². The van der Waals surface area contributed by atoms with Crippen LogP contribution in [0.4, 0.5) is 0 Å². The summed E-state index contributed by atoms with van der Waals surface area (Å²) < 4.78 is 10.7. The molecule has 0 radical (unpaired) electrons. The van der Waals surface area contributed by atoms with Crippen LogP contribution in [0.2, 0.25) is 0 Å². The fourth-order valence-corrected chi connectivity index (χ4v) is 1.62. The topological polar surface area (TPSA) is 30.5 Å². The van der Waals surface area contributed by atoms with Gasteiger partial charge in [-0.25, -0.2) is 0 Å². The molecule has 1 fully saturated rings. The second-order valence-electron chi connectivity index (χ2n) is 3.64. The molecule has 0 spiro atoms. The number of rotatable bonds is 5. The normalized spacial score (nSPS) is 25.8. The average molecular weight is 187 g/mol. The van der Waals surface area contributed by atoms with Gasteiger partial charge in [-0.15, -0.1) is 0 Å². The molecule has 0 aliphatic carbocycles. The molecule has 1 aliphatic heterocycles. The summed E-state index contributed by atoms with van der Waals surface area (Å²) in [5.41, 5.74) is 0.